The van der Waals surface area contributed by atoms with Crippen molar-refractivity contribution in [2.75, 3.05) is 26.4 Å². The summed E-state index contributed by atoms with van der Waals surface area (Å²) in [5.74, 6) is 5.04. The zero-order chi connectivity index (χ0) is 45.6. The van der Waals surface area contributed by atoms with Gasteiger partial charge in [0.15, 0.2) is 11.2 Å². The fraction of sp³-hybridized carbons (Fsp3) is 0.367. The molecule has 0 saturated carbocycles. The number of ether oxygens (including phenoxy) is 6. The van der Waals surface area contributed by atoms with Crippen LogP contribution in [0.5, 0.6) is 34.5 Å². The molecule has 0 spiro atoms. The van der Waals surface area contributed by atoms with Crippen LogP contribution in [0.25, 0.3) is 22.9 Å². The number of benzene rings is 6. The van der Waals surface area contributed by atoms with Gasteiger partial charge in [0.05, 0.1) is 26.4 Å². The second-order valence-electron chi connectivity index (χ2n) is 17.7. The molecular formula is C60H68O6. The fourth-order valence-electron chi connectivity index (χ4n) is 9.07. The van der Waals surface area contributed by atoms with Crippen LogP contribution in [-0.4, -0.2) is 26.4 Å². The molecule has 6 aromatic carbocycles. The summed E-state index contributed by atoms with van der Waals surface area (Å²) in [6.07, 6.45) is 22.2. The van der Waals surface area contributed by atoms with Crippen molar-refractivity contribution in [1.29, 1.82) is 0 Å². The average Bonchev–Trinajstić information content (AvgIpc) is 3.37. The Morgan fingerprint density at radius 1 is 0.348 bits per heavy atom. The van der Waals surface area contributed by atoms with Crippen molar-refractivity contribution in [3.8, 4) is 34.5 Å². The molecule has 0 fully saturated rings. The van der Waals surface area contributed by atoms with E-state index in [4.69, 9.17) is 28.4 Å². The van der Waals surface area contributed by atoms with Crippen molar-refractivity contribution < 1.29 is 28.4 Å². The SMILES string of the molecule is CCCCCOc1ccc(C2(c3ccc(OCCCCC)cc3)C=Cc3c4c(c5ccccc5c3O2)OC(c2ccc(OCCCCC)cc2)(c2ccc(OCCCCC)cc2)C=C4)cc1. The van der Waals surface area contributed by atoms with E-state index in [1.54, 1.807) is 0 Å². The van der Waals surface area contributed by atoms with Crippen molar-refractivity contribution in [1.82, 2.24) is 0 Å². The molecule has 0 aliphatic carbocycles. The van der Waals surface area contributed by atoms with Gasteiger partial charge in [-0.1, -0.05) is 152 Å². The topological polar surface area (TPSA) is 55.4 Å². The van der Waals surface area contributed by atoms with E-state index < -0.39 is 11.2 Å². The van der Waals surface area contributed by atoms with E-state index in [0.717, 1.165) is 156 Å². The standard InChI is InChI=1S/C60H68O6/c1-5-9-15-41-61-49-29-21-45(22-30-49)59(46-23-31-50(32-24-46)62-42-16-10-6-2)39-37-55-56-38-40-60(47-25-33-51(34-26-47)63-43-17-11-7-3,48-27-35-52(36-28-48)64-44-18-12-8-4)66-58(56)54-20-14-13-19-53(54)57(55)65-59/h13-14,19-40H,5-12,15-18,41-44H2,1-4H3. The second-order valence-corrected chi connectivity index (χ2v) is 17.7. The predicted octanol–water partition coefficient (Wildman–Crippen LogP) is 15.8. The Morgan fingerprint density at radius 2 is 0.621 bits per heavy atom. The van der Waals surface area contributed by atoms with Gasteiger partial charge in [0, 0.05) is 44.2 Å². The molecule has 0 unspecified atom stereocenters. The van der Waals surface area contributed by atoms with Gasteiger partial charge in [-0.25, -0.2) is 0 Å². The summed E-state index contributed by atoms with van der Waals surface area (Å²) in [6, 6.07) is 42.1. The van der Waals surface area contributed by atoms with Crippen LogP contribution >= 0.6 is 0 Å². The molecule has 66 heavy (non-hydrogen) atoms. The summed E-state index contributed by atoms with van der Waals surface area (Å²) in [5.41, 5.74) is 4.10. The van der Waals surface area contributed by atoms with Crippen LogP contribution in [0.4, 0.5) is 0 Å². The third-order valence-corrected chi connectivity index (χ3v) is 12.9. The molecule has 344 valence electrons. The highest BCUT2D eigenvalue weighted by Gasteiger charge is 2.42. The molecule has 0 aromatic heterocycles. The van der Waals surface area contributed by atoms with Crippen LogP contribution in [-0.2, 0) is 11.2 Å². The van der Waals surface area contributed by atoms with E-state index in [2.05, 4.69) is 173 Å². The lowest BCUT2D eigenvalue weighted by Gasteiger charge is -2.40. The maximum atomic E-state index is 7.53. The van der Waals surface area contributed by atoms with Crippen molar-refractivity contribution in [2.24, 2.45) is 0 Å². The molecule has 2 aliphatic heterocycles. The van der Waals surface area contributed by atoms with Gasteiger partial charge in [-0.3, -0.25) is 0 Å². The van der Waals surface area contributed by atoms with Gasteiger partial charge < -0.3 is 28.4 Å². The van der Waals surface area contributed by atoms with Gasteiger partial charge in [0.2, 0.25) is 0 Å². The average molecular weight is 885 g/mol. The van der Waals surface area contributed by atoms with Gasteiger partial charge in [-0.05, 0) is 98.5 Å². The zero-order valence-electron chi connectivity index (χ0n) is 39.6. The molecule has 0 bridgehead atoms. The normalized spacial score (nSPS) is 14.2. The van der Waals surface area contributed by atoms with Gasteiger partial charge in [-0.15, -0.1) is 0 Å². The monoisotopic (exact) mass is 885 g/mol. The first-order valence-corrected chi connectivity index (χ1v) is 24.8. The van der Waals surface area contributed by atoms with Crippen molar-refractivity contribution in [3.63, 3.8) is 0 Å². The van der Waals surface area contributed by atoms with Gasteiger partial charge >= 0.3 is 0 Å². The summed E-state index contributed by atoms with van der Waals surface area (Å²) in [7, 11) is 0. The third kappa shape index (κ3) is 10.3. The highest BCUT2D eigenvalue weighted by molar-refractivity contribution is 6.02. The molecular weight excluding hydrogens is 817 g/mol. The Kier molecular flexibility index (Phi) is 15.7. The van der Waals surface area contributed by atoms with Crippen LogP contribution in [0.15, 0.2) is 133 Å². The second kappa shape index (κ2) is 22.4. The van der Waals surface area contributed by atoms with Crippen LogP contribution < -0.4 is 28.4 Å². The Labute approximate surface area is 393 Å². The molecule has 0 amide bonds. The minimum atomic E-state index is -0.935. The van der Waals surface area contributed by atoms with Crippen LogP contribution in [0.2, 0.25) is 0 Å². The molecule has 0 saturated heterocycles. The van der Waals surface area contributed by atoms with Crippen molar-refractivity contribution in [3.05, 3.63) is 167 Å². The smallest absolute Gasteiger partial charge is 0.178 e. The van der Waals surface area contributed by atoms with Crippen LogP contribution in [0, 0.1) is 0 Å². The summed E-state index contributed by atoms with van der Waals surface area (Å²) in [6.45, 7) is 11.6. The lowest BCUT2D eigenvalue weighted by molar-refractivity contribution is 0.157. The van der Waals surface area contributed by atoms with E-state index in [9.17, 15) is 0 Å². The van der Waals surface area contributed by atoms with E-state index >= 15 is 0 Å². The van der Waals surface area contributed by atoms with Gasteiger partial charge in [-0.2, -0.15) is 0 Å². The highest BCUT2D eigenvalue weighted by Crippen LogP contribution is 2.54. The quantitative estimate of drug-likeness (QED) is 0.0565. The number of rotatable bonds is 24. The van der Waals surface area contributed by atoms with E-state index in [0.29, 0.717) is 26.4 Å². The molecule has 6 nitrogen and oxygen atoms in total. The Hall–Kier alpha value is -6.14. The molecule has 8 rings (SSSR count). The molecule has 2 heterocycles. The largest absolute Gasteiger partial charge is 0.494 e. The van der Waals surface area contributed by atoms with Crippen molar-refractivity contribution >= 4 is 22.9 Å². The van der Waals surface area contributed by atoms with Gasteiger partial charge in [0.1, 0.15) is 34.5 Å². The Bertz CT molecular complexity index is 2230. The van der Waals surface area contributed by atoms with Crippen molar-refractivity contribution in [2.45, 2.75) is 116 Å². The first-order chi connectivity index (χ1) is 32.5. The summed E-state index contributed by atoms with van der Waals surface area (Å²) in [4.78, 5) is 0. The minimum Gasteiger partial charge on any atom is -0.494 e. The zero-order valence-corrected chi connectivity index (χ0v) is 39.6. The van der Waals surface area contributed by atoms with Crippen LogP contribution in [0.3, 0.4) is 0 Å². The summed E-state index contributed by atoms with van der Waals surface area (Å²) in [5, 5.41) is 1.95. The molecule has 6 aromatic rings. The van der Waals surface area contributed by atoms with Gasteiger partial charge in [0.25, 0.3) is 0 Å². The fourth-order valence-corrected chi connectivity index (χ4v) is 9.07. The van der Waals surface area contributed by atoms with E-state index in [-0.39, 0.29) is 0 Å². The molecule has 0 radical (unpaired) electrons. The maximum absolute atomic E-state index is 7.53. The molecule has 6 heteroatoms. The lowest BCUT2D eigenvalue weighted by Crippen LogP contribution is -2.36. The molecule has 0 atom stereocenters. The number of fused-ring (bicyclic) bond motifs is 6. The van der Waals surface area contributed by atoms with E-state index in [1.807, 2.05) is 0 Å². The predicted molar refractivity (Wildman–Crippen MR) is 271 cm³/mol. The first kappa shape index (κ1) is 46.4. The summed E-state index contributed by atoms with van der Waals surface area (Å²) < 4.78 is 39.7. The first-order valence-electron chi connectivity index (χ1n) is 24.8. The summed E-state index contributed by atoms with van der Waals surface area (Å²) >= 11 is 0. The lowest BCUT2D eigenvalue weighted by atomic mass is 9.80. The Morgan fingerprint density at radius 3 is 0.879 bits per heavy atom. The number of hydrogen-bond donors (Lipinski definition) is 0. The third-order valence-electron chi connectivity index (χ3n) is 12.9. The minimum absolute atomic E-state index is 0.702. The number of hydrogen-bond acceptors (Lipinski definition) is 6. The maximum Gasteiger partial charge on any atom is 0.178 e. The Balaban J connectivity index is 1.20. The highest BCUT2D eigenvalue weighted by atomic mass is 16.5. The van der Waals surface area contributed by atoms with Crippen LogP contribution in [0.1, 0.15) is 138 Å². The van der Waals surface area contributed by atoms with E-state index in [1.165, 1.54) is 0 Å². The number of unbranched alkanes of at least 4 members (excludes halogenated alkanes) is 8. The molecule has 2 aliphatic rings. The molecule has 0 N–H and O–H groups in total.